The van der Waals surface area contributed by atoms with Gasteiger partial charge in [-0.3, -0.25) is 4.79 Å². The molecule has 0 spiro atoms. The van der Waals surface area contributed by atoms with E-state index < -0.39 is 0 Å². The number of amides is 1. The number of ether oxygens (including phenoxy) is 1. The predicted octanol–water partition coefficient (Wildman–Crippen LogP) is 1.18. The van der Waals surface area contributed by atoms with Gasteiger partial charge in [0, 0.05) is 13.2 Å². The Morgan fingerprint density at radius 2 is 2.14 bits per heavy atom. The number of carbonyl (C=O) groups is 1. The second-order valence-electron chi connectivity index (χ2n) is 2.93. The molecule has 0 aliphatic heterocycles. The van der Waals surface area contributed by atoms with Crippen LogP contribution < -0.4 is 0 Å². The van der Waals surface area contributed by atoms with Crippen molar-refractivity contribution in [3.63, 3.8) is 0 Å². The molecule has 1 amide bonds. The first kappa shape index (κ1) is 12.9. The lowest BCUT2D eigenvalue weighted by molar-refractivity contribution is -0.131. The molecule has 0 aromatic rings. The topological polar surface area (TPSA) is 53.3 Å². The third-order valence-corrected chi connectivity index (χ3v) is 1.80. The summed E-state index contributed by atoms with van der Waals surface area (Å²) in [5.74, 6) is -0.00912. The fraction of sp³-hybridized carbons (Fsp3) is 0.800. The normalized spacial score (nSPS) is 9.50. The van der Waals surface area contributed by atoms with Gasteiger partial charge in [-0.15, -0.1) is 0 Å². The van der Waals surface area contributed by atoms with E-state index in [-0.39, 0.29) is 12.5 Å². The van der Waals surface area contributed by atoms with Crippen molar-refractivity contribution in [3.05, 3.63) is 0 Å². The first-order valence-electron chi connectivity index (χ1n) is 4.98. The fourth-order valence-electron chi connectivity index (χ4n) is 1.03. The maximum atomic E-state index is 11.4. The van der Waals surface area contributed by atoms with Gasteiger partial charge in [0.05, 0.1) is 19.1 Å². The van der Waals surface area contributed by atoms with Crippen molar-refractivity contribution in [3.8, 4) is 6.07 Å². The Kier molecular flexibility index (Phi) is 7.86. The molecule has 0 unspecified atom stereocenters. The van der Waals surface area contributed by atoms with Crippen molar-refractivity contribution in [1.82, 2.24) is 4.90 Å². The lowest BCUT2D eigenvalue weighted by atomic mass is 10.3. The highest BCUT2D eigenvalue weighted by atomic mass is 16.5. The molecule has 0 N–H and O–H groups in total. The number of hydrogen-bond acceptors (Lipinski definition) is 3. The lowest BCUT2D eigenvalue weighted by Gasteiger charge is -2.16. The van der Waals surface area contributed by atoms with Gasteiger partial charge < -0.3 is 9.64 Å². The Bertz CT molecular complexity index is 199. The van der Waals surface area contributed by atoms with E-state index in [0.717, 1.165) is 6.42 Å². The number of nitriles is 1. The molecule has 0 aliphatic carbocycles. The summed E-state index contributed by atoms with van der Waals surface area (Å²) < 4.78 is 5.20. The highest BCUT2D eigenvalue weighted by Crippen LogP contribution is 1.94. The van der Waals surface area contributed by atoms with E-state index in [1.807, 2.05) is 19.9 Å². The average Bonchev–Trinajstić information content (AvgIpc) is 2.20. The summed E-state index contributed by atoms with van der Waals surface area (Å²) in [4.78, 5) is 12.9. The quantitative estimate of drug-likeness (QED) is 0.456. The molecule has 0 fully saturated rings. The molecule has 0 radical (unpaired) electrons. The van der Waals surface area contributed by atoms with Crippen LogP contribution in [0.5, 0.6) is 0 Å². The largest absolute Gasteiger partial charge is 0.381 e. The highest BCUT2D eigenvalue weighted by Gasteiger charge is 2.09. The Morgan fingerprint density at radius 3 is 2.64 bits per heavy atom. The molecule has 80 valence electrons. The van der Waals surface area contributed by atoms with E-state index in [1.165, 1.54) is 4.90 Å². The summed E-state index contributed by atoms with van der Waals surface area (Å²) >= 11 is 0. The predicted molar refractivity (Wildman–Crippen MR) is 53.6 cm³/mol. The summed E-state index contributed by atoms with van der Waals surface area (Å²) in [7, 11) is 0. The molecule has 0 heterocycles. The Hall–Kier alpha value is -1.08. The van der Waals surface area contributed by atoms with Gasteiger partial charge >= 0.3 is 0 Å². The van der Waals surface area contributed by atoms with Crippen LogP contribution in [0.2, 0.25) is 0 Å². The molecular formula is C10H18N2O2. The van der Waals surface area contributed by atoms with Gasteiger partial charge in [-0.25, -0.2) is 0 Å². The molecule has 4 nitrogen and oxygen atoms in total. The first-order chi connectivity index (χ1) is 6.76. The van der Waals surface area contributed by atoms with E-state index in [4.69, 9.17) is 10.00 Å². The van der Waals surface area contributed by atoms with Crippen molar-refractivity contribution >= 4 is 5.91 Å². The fourth-order valence-corrected chi connectivity index (χ4v) is 1.03. The summed E-state index contributed by atoms with van der Waals surface area (Å²) in [6.07, 6.45) is 1.33. The molecule has 0 saturated carbocycles. The van der Waals surface area contributed by atoms with E-state index in [1.54, 1.807) is 0 Å². The van der Waals surface area contributed by atoms with E-state index in [2.05, 4.69) is 0 Å². The minimum absolute atomic E-state index is 0.00912. The lowest BCUT2D eigenvalue weighted by Crippen LogP contribution is -2.31. The summed E-state index contributed by atoms with van der Waals surface area (Å²) in [6.45, 7) is 5.79. The molecule has 0 atom stereocenters. The summed E-state index contributed by atoms with van der Waals surface area (Å²) in [5, 5.41) is 8.45. The maximum Gasteiger partial charge on any atom is 0.225 e. The van der Waals surface area contributed by atoms with Gasteiger partial charge in [-0.1, -0.05) is 6.92 Å². The second-order valence-corrected chi connectivity index (χ2v) is 2.93. The zero-order valence-corrected chi connectivity index (χ0v) is 8.95. The zero-order valence-electron chi connectivity index (χ0n) is 8.95. The third kappa shape index (κ3) is 5.55. The second kappa shape index (κ2) is 8.52. The Balaban J connectivity index is 3.65. The number of rotatable bonds is 7. The highest BCUT2D eigenvalue weighted by molar-refractivity contribution is 5.76. The molecule has 0 aromatic heterocycles. The molecule has 14 heavy (non-hydrogen) atoms. The van der Waals surface area contributed by atoms with Crippen LogP contribution in [-0.4, -0.2) is 37.1 Å². The van der Waals surface area contributed by atoms with Crippen LogP contribution in [0.15, 0.2) is 0 Å². The minimum Gasteiger partial charge on any atom is -0.381 e. The van der Waals surface area contributed by atoms with Gasteiger partial charge in [-0.05, 0) is 13.3 Å². The van der Waals surface area contributed by atoms with Gasteiger partial charge in [0.1, 0.15) is 6.54 Å². The molecule has 0 rings (SSSR count). The van der Waals surface area contributed by atoms with Crippen molar-refractivity contribution in [2.24, 2.45) is 0 Å². The van der Waals surface area contributed by atoms with Crippen LogP contribution in [0.25, 0.3) is 0 Å². The van der Waals surface area contributed by atoms with E-state index >= 15 is 0 Å². The molecule has 0 saturated heterocycles. The van der Waals surface area contributed by atoms with Gasteiger partial charge in [-0.2, -0.15) is 5.26 Å². The van der Waals surface area contributed by atoms with Gasteiger partial charge in [0.15, 0.2) is 0 Å². The monoisotopic (exact) mass is 198 g/mol. The van der Waals surface area contributed by atoms with Crippen LogP contribution in [0.3, 0.4) is 0 Å². The first-order valence-corrected chi connectivity index (χ1v) is 4.98. The Morgan fingerprint density at radius 1 is 1.43 bits per heavy atom. The number of carbonyl (C=O) groups excluding carboxylic acids is 1. The third-order valence-electron chi connectivity index (χ3n) is 1.80. The smallest absolute Gasteiger partial charge is 0.225 e. The van der Waals surface area contributed by atoms with Crippen LogP contribution in [0, 0.1) is 11.3 Å². The van der Waals surface area contributed by atoms with Crippen molar-refractivity contribution < 1.29 is 9.53 Å². The Labute approximate surface area is 85.5 Å². The van der Waals surface area contributed by atoms with Crippen LogP contribution in [0.4, 0.5) is 0 Å². The average molecular weight is 198 g/mol. The molecule has 0 aliphatic rings. The SMILES string of the molecule is CCCOCCC(=O)N(CC)CC#N. The van der Waals surface area contributed by atoms with Crippen molar-refractivity contribution in [2.45, 2.75) is 26.7 Å². The molecule has 0 aromatic carbocycles. The molecule has 0 bridgehead atoms. The number of hydrogen-bond donors (Lipinski definition) is 0. The van der Waals surface area contributed by atoms with Crippen LogP contribution >= 0.6 is 0 Å². The van der Waals surface area contributed by atoms with Gasteiger partial charge in [0.2, 0.25) is 5.91 Å². The molecule has 4 heteroatoms. The zero-order chi connectivity index (χ0) is 10.8. The maximum absolute atomic E-state index is 11.4. The van der Waals surface area contributed by atoms with E-state index in [9.17, 15) is 4.79 Å². The minimum atomic E-state index is -0.00912. The number of nitrogens with zero attached hydrogens (tertiary/aromatic N) is 2. The molecular weight excluding hydrogens is 180 g/mol. The van der Waals surface area contributed by atoms with Crippen LogP contribution in [-0.2, 0) is 9.53 Å². The van der Waals surface area contributed by atoms with Crippen molar-refractivity contribution in [2.75, 3.05) is 26.3 Å². The standard InChI is InChI=1S/C10H18N2O2/c1-3-8-14-9-5-10(13)12(4-2)7-6-11/h3-5,7-9H2,1-2H3. The summed E-state index contributed by atoms with van der Waals surface area (Å²) in [6, 6.07) is 1.97. The van der Waals surface area contributed by atoms with Crippen molar-refractivity contribution in [1.29, 1.82) is 5.26 Å². The van der Waals surface area contributed by atoms with Crippen LogP contribution in [0.1, 0.15) is 26.7 Å². The summed E-state index contributed by atoms with van der Waals surface area (Å²) in [5.41, 5.74) is 0. The van der Waals surface area contributed by atoms with Gasteiger partial charge in [0.25, 0.3) is 0 Å². The van der Waals surface area contributed by atoms with E-state index in [0.29, 0.717) is 26.2 Å².